The first-order valence-electron chi connectivity index (χ1n) is 8.29. The molecule has 2 aliphatic rings. The van der Waals surface area contributed by atoms with Crippen molar-refractivity contribution in [2.24, 2.45) is 0 Å². The van der Waals surface area contributed by atoms with Crippen LogP contribution in [0, 0.1) is 0 Å². The minimum Gasteiger partial charge on any atom is -0.475 e. The van der Waals surface area contributed by atoms with E-state index in [1.165, 1.54) is 0 Å². The summed E-state index contributed by atoms with van der Waals surface area (Å²) in [7, 11) is 0. The molecule has 1 heterocycles. The highest BCUT2D eigenvalue weighted by Gasteiger charge is 2.39. The van der Waals surface area contributed by atoms with Crippen molar-refractivity contribution in [1.82, 2.24) is 10.6 Å². The minimum absolute atomic E-state index is 0.0136. The number of rotatable bonds is 3. The number of aliphatic carboxylic acids is 1. The smallest absolute Gasteiger partial charge is 0.475 e. The third kappa shape index (κ3) is 5.15. The topological polar surface area (TPSA) is 78.4 Å². The third-order valence-electron chi connectivity index (χ3n) is 4.70. The van der Waals surface area contributed by atoms with Crippen molar-refractivity contribution in [3.05, 3.63) is 34.4 Å². The van der Waals surface area contributed by atoms with Crippen molar-refractivity contribution in [1.29, 1.82) is 0 Å². The van der Waals surface area contributed by atoms with Gasteiger partial charge in [-0.3, -0.25) is 4.79 Å². The van der Waals surface area contributed by atoms with Crippen molar-refractivity contribution >= 4 is 11.9 Å². The van der Waals surface area contributed by atoms with Crippen LogP contribution < -0.4 is 10.6 Å². The lowest BCUT2D eigenvalue weighted by atomic mass is 9.78. The van der Waals surface area contributed by atoms with Crippen LogP contribution in [0.4, 0.5) is 26.3 Å². The first-order valence-corrected chi connectivity index (χ1v) is 8.29. The lowest BCUT2D eigenvalue weighted by Gasteiger charge is -2.39. The highest BCUT2D eigenvalue weighted by atomic mass is 19.4. The largest absolute Gasteiger partial charge is 0.490 e. The Hall–Kier alpha value is -2.30. The number of carboxylic acid groups (broad SMARTS) is 1. The van der Waals surface area contributed by atoms with E-state index in [2.05, 4.69) is 17.6 Å². The maximum Gasteiger partial charge on any atom is 0.490 e. The summed E-state index contributed by atoms with van der Waals surface area (Å²) in [5.74, 6) is -3.18. The number of alkyl halides is 6. The molecule has 0 aromatic heterocycles. The van der Waals surface area contributed by atoms with Gasteiger partial charge in [-0.05, 0) is 49.4 Å². The first kappa shape index (κ1) is 22.0. The number of hydrogen-bond acceptors (Lipinski definition) is 3. The second-order valence-corrected chi connectivity index (χ2v) is 6.92. The molecule has 3 N–H and O–H groups in total. The molecule has 28 heavy (non-hydrogen) atoms. The van der Waals surface area contributed by atoms with E-state index >= 15 is 0 Å². The lowest BCUT2D eigenvalue weighted by Crippen LogP contribution is -2.47. The summed E-state index contributed by atoms with van der Waals surface area (Å²) in [6.45, 7) is 2.37. The molecule has 1 aromatic rings. The van der Waals surface area contributed by atoms with Crippen LogP contribution >= 0.6 is 0 Å². The number of carboxylic acids is 1. The minimum atomic E-state index is -5.08. The second-order valence-electron chi connectivity index (χ2n) is 6.92. The summed E-state index contributed by atoms with van der Waals surface area (Å²) in [5, 5.41) is 12.9. The van der Waals surface area contributed by atoms with Gasteiger partial charge in [0.25, 0.3) is 5.91 Å². The average molecular weight is 412 g/mol. The van der Waals surface area contributed by atoms with E-state index in [0.717, 1.165) is 25.3 Å². The number of halogens is 6. The maximum atomic E-state index is 13.1. The third-order valence-corrected chi connectivity index (χ3v) is 4.70. The molecular formula is C17H18F6N2O3. The number of fused-ring (bicyclic) bond motifs is 1. The Balaban J connectivity index is 0.000000345. The van der Waals surface area contributed by atoms with Crippen molar-refractivity contribution in [2.45, 2.75) is 57.2 Å². The zero-order valence-electron chi connectivity index (χ0n) is 14.7. The van der Waals surface area contributed by atoms with E-state index in [9.17, 15) is 31.1 Å². The molecule has 0 unspecified atom stereocenters. The molecule has 0 atom stereocenters. The molecule has 1 amide bonds. The van der Waals surface area contributed by atoms with Gasteiger partial charge in [-0.2, -0.15) is 26.3 Å². The predicted octanol–water partition coefficient (Wildman–Crippen LogP) is 3.61. The molecule has 0 saturated heterocycles. The molecule has 1 aliphatic carbocycles. The molecule has 1 fully saturated rings. The van der Waals surface area contributed by atoms with E-state index in [1.54, 1.807) is 6.07 Å². The number of amides is 1. The fraction of sp³-hybridized carbons (Fsp3) is 0.529. The highest BCUT2D eigenvalue weighted by Crippen LogP contribution is 2.36. The Kier molecular flexibility index (Phi) is 5.98. The van der Waals surface area contributed by atoms with Crippen LogP contribution in [0.1, 0.15) is 53.2 Å². The highest BCUT2D eigenvalue weighted by molar-refractivity contribution is 5.99. The predicted molar refractivity (Wildman–Crippen MR) is 85.4 cm³/mol. The van der Waals surface area contributed by atoms with Gasteiger partial charge in [0.2, 0.25) is 0 Å². The van der Waals surface area contributed by atoms with Gasteiger partial charge in [-0.25, -0.2) is 4.79 Å². The SMILES string of the molecule is CC1(NCc2cc3c(c(C(F)(F)F)c2)CNC3=O)CCC1.O=C(O)C(F)(F)F. The Labute approximate surface area is 156 Å². The van der Waals surface area contributed by atoms with Gasteiger partial charge < -0.3 is 15.7 Å². The standard InChI is InChI=1S/C15H17F3N2O.C2HF3O2/c1-14(3-2-4-14)20-7-9-5-10-11(8-19-13(10)21)12(6-9)15(16,17)18;3-2(4,5)1(6)7/h5-6,20H,2-4,7-8H2,1H3,(H,19,21);(H,6,7). The zero-order valence-corrected chi connectivity index (χ0v) is 14.7. The van der Waals surface area contributed by atoms with Crippen LogP contribution in [0.25, 0.3) is 0 Å². The van der Waals surface area contributed by atoms with Gasteiger partial charge in [-0.15, -0.1) is 0 Å². The maximum absolute atomic E-state index is 13.1. The Morgan fingerprint density at radius 3 is 2.21 bits per heavy atom. The van der Waals surface area contributed by atoms with Crippen LogP contribution in [-0.4, -0.2) is 28.7 Å². The molecule has 0 bridgehead atoms. The normalized spacial score (nSPS) is 17.8. The first-order chi connectivity index (χ1) is 12.7. The number of carbonyl (C=O) groups excluding carboxylic acids is 1. The summed E-state index contributed by atoms with van der Waals surface area (Å²) in [5.41, 5.74) is 0.0336. The Morgan fingerprint density at radius 1 is 1.21 bits per heavy atom. The van der Waals surface area contributed by atoms with Crippen molar-refractivity contribution in [2.75, 3.05) is 0 Å². The second kappa shape index (κ2) is 7.61. The van der Waals surface area contributed by atoms with Crippen LogP contribution in [0.3, 0.4) is 0 Å². The van der Waals surface area contributed by atoms with Gasteiger partial charge in [0.05, 0.1) is 5.56 Å². The van der Waals surface area contributed by atoms with Crippen molar-refractivity contribution < 1.29 is 41.0 Å². The number of benzene rings is 1. The van der Waals surface area contributed by atoms with E-state index in [-0.39, 0.29) is 23.2 Å². The van der Waals surface area contributed by atoms with Gasteiger partial charge in [-0.1, -0.05) is 0 Å². The van der Waals surface area contributed by atoms with E-state index < -0.39 is 29.8 Å². The zero-order chi connectivity index (χ0) is 21.3. The molecule has 1 aromatic carbocycles. The lowest BCUT2D eigenvalue weighted by molar-refractivity contribution is -0.192. The summed E-state index contributed by atoms with van der Waals surface area (Å²) in [4.78, 5) is 20.6. The van der Waals surface area contributed by atoms with Crippen molar-refractivity contribution in [3.8, 4) is 0 Å². The van der Waals surface area contributed by atoms with Crippen LogP contribution in [0.2, 0.25) is 0 Å². The number of carbonyl (C=O) groups is 2. The number of hydrogen-bond donors (Lipinski definition) is 3. The quantitative estimate of drug-likeness (QED) is 0.663. The van der Waals surface area contributed by atoms with E-state index in [1.807, 2.05) is 0 Å². The van der Waals surface area contributed by atoms with E-state index in [0.29, 0.717) is 12.1 Å². The number of nitrogens with one attached hydrogen (secondary N) is 2. The van der Waals surface area contributed by atoms with Gasteiger partial charge >= 0.3 is 18.3 Å². The van der Waals surface area contributed by atoms with Gasteiger partial charge in [0, 0.05) is 24.2 Å². The summed E-state index contributed by atoms with van der Waals surface area (Å²) < 4.78 is 71.2. The fourth-order valence-electron chi connectivity index (χ4n) is 2.94. The molecular weight excluding hydrogens is 394 g/mol. The summed E-state index contributed by atoms with van der Waals surface area (Å²) in [6, 6.07) is 2.73. The molecule has 0 spiro atoms. The molecule has 156 valence electrons. The van der Waals surface area contributed by atoms with E-state index in [4.69, 9.17) is 9.90 Å². The van der Waals surface area contributed by atoms with Crippen molar-refractivity contribution in [3.63, 3.8) is 0 Å². The van der Waals surface area contributed by atoms with Gasteiger partial charge in [0.1, 0.15) is 0 Å². The molecule has 5 nitrogen and oxygen atoms in total. The molecule has 1 saturated carbocycles. The molecule has 11 heteroatoms. The molecule has 1 aliphatic heterocycles. The average Bonchev–Trinajstić information content (AvgIpc) is 2.90. The fourth-order valence-corrected chi connectivity index (χ4v) is 2.94. The Bertz CT molecular complexity index is 769. The Morgan fingerprint density at radius 2 is 1.79 bits per heavy atom. The molecule has 3 rings (SSSR count). The van der Waals surface area contributed by atoms with Crippen LogP contribution in [-0.2, 0) is 24.1 Å². The van der Waals surface area contributed by atoms with Gasteiger partial charge in [0.15, 0.2) is 0 Å². The summed E-state index contributed by atoms with van der Waals surface area (Å²) >= 11 is 0. The van der Waals surface area contributed by atoms with Crippen LogP contribution in [0.5, 0.6) is 0 Å². The summed E-state index contributed by atoms with van der Waals surface area (Å²) in [6.07, 6.45) is -6.31. The molecule has 0 radical (unpaired) electrons. The monoisotopic (exact) mass is 412 g/mol. The van der Waals surface area contributed by atoms with Crippen LogP contribution in [0.15, 0.2) is 12.1 Å².